The summed E-state index contributed by atoms with van der Waals surface area (Å²) in [6.45, 7) is 12.2. The summed E-state index contributed by atoms with van der Waals surface area (Å²) in [6, 6.07) is -0.406. The maximum absolute atomic E-state index is 12.4. The predicted octanol–water partition coefficient (Wildman–Crippen LogP) is 1.17. The molecule has 0 aliphatic carbocycles. The van der Waals surface area contributed by atoms with Gasteiger partial charge in [0.05, 0.1) is 12.7 Å². The van der Waals surface area contributed by atoms with Crippen molar-refractivity contribution in [3.63, 3.8) is 0 Å². The first-order valence-electron chi connectivity index (χ1n) is 6.91. The molecule has 0 radical (unpaired) electrons. The van der Waals surface area contributed by atoms with Crippen LogP contribution in [0.3, 0.4) is 0 Å². The van der Waals surface area contributed by atoms with E-state index in [1.54, 1.807) is 18.7 Å². The molecule has 2 amide bonds. The van der Waals surface area contributed by atoms with Crippen LogP contribution in [0.5, 0.6) is 0 Å². The van der Waals surface area contributed by atoms with Crippen LogP contribution in [0.2, 0.25) is 0 Å². The van der Waals surface area contributed by atoms with Crippen LogP contribution in [0, 0.1) is 5.92 Å². The highest BCUT2D eigenvalue weighted by molar-refractivity contribution is 5.99. The number of amides is 2. The van der Waals surface area contributed by atoms with Gasteiger partial charge in [0.25, 0.3) is 0 Å². The number of nitrogens with zero attached hydrogens (tertiary/aromatic N) is 1. The van der Waals surface area contributed by atoms with Gasteiger partial charge in [-0.25, -0.2) is 0 Å². The molecular formula is C14H26N2O3. The molecule has 0 aromatic carbocycles. The molecule has 1 heterocycles. The highest BCUT2D eigenvalue weighted by atomic mass is 16.5. The van der Waals surface area contributed by atoms with Gasteiger partial charge in [0.2, 0.25) is 11.8 Å². The number of hydrogen-bond donors (Lipinski definition) is 1. The molecule has 1 fully saturated rings. The van der Waals surface area contributed by atoms with Crippen molar-refractivity contribution < 1.29 is 14.3 Å². The van der Waals surface area contributed by atoms with Crippen LogP contribution in [0.4, 0.5) is 0 Å². The number of carbonyl (C=O) groups is 2. The maximum Gasteiger partial charge on any atom is 0.248 e. The van der Waals surface area contributed by atoms with Gasteiger partial charge in [-0.2, -0.15) is 0 Å². The summed E-state index contributed by atoms with van der Waals surface area (Å²) in [5.74, 6) is -0.0404. The zero-order chi connectivity index (χ0) is 14.8. The molecule has 0 saturated carbocycles. The molecule has 1 saturated heterocycles. The van der Waals surface area contributed by atoms with Gasteiger partial charge >= 0.3 is 0 Å². The van der Waals surface area contributed by atoms with Crippen LogP contribution in [-0.2, 0) is 14.3 Å². The first kappa shape index (κ1) is 16.0. The SMILES string of the molecule is CC(C)OCCN1C(=O)C(C)(C)NC(=O)C1C(C)C. The van der Waals surface area contributed by atoms with Gasteiger partial charge < -0.3 is 15.0 Å². The predicted molar refractivity (Wildman–Crippen MR) is 73.6 cm³/mol. The highest BCUT2D eigenvalue weighted by Gasteiger charge is 2.45. The highest BCUT2D eigenvalue weighted by Crippen LogP contribution is 2.22. The summed E-state index contributed by atoms with van der Waals surface area (Å²) >= 11 is 0. The second-order valence-electron chi connectivity index (χ2n) is 6.22. The molecule has 0 aromatic heterocycles. The first-order valence-corrected chi connectivity index (χ1v) is 6.91. The molecule has 1 atom stereocenters. The van der Waals surface area contributed by atoms with E-state index >= 15 is 0 Å². The molecule has 1 aliphatic heterocycles. The fourth-order valence-electron chi connectivity index (χ4n) is 2.35. The summed E-state index contributed by atoms with van der Waals surface area (Å²) in [5.41, 5.74) is -0.833. The fraction of sp³-hybridized carbons (Fsp3) is 0.857. The Kier molecular flexibility index (Phi) is 4.96. The normalized spacial score (nSPS) is 23.2. The van der Waals surface area contributed by atoms with Gasteiger partial charge in [-0.3, -0.25) is 9.59 Å². The van der Waals surface area contributed by atoms with Crippen molar-refractivity contribution in [2.45, 2.75) is 59.2 Å². The zero-order valence-electron chi connectivity index (χ0n) is 12.8. The van der Waals surface area contributed by atoms with Crippen molar-refractivity contribution in [3.05, 3.63) is 0 Å². The zero-order valence-corrected chi connectivity index (χ0v) is 12.8. The molecule has 1 rings (SSSR count). The van der Waals surface area contributed by atoms with Gasteiger partial charge in [0.1, 0.15) is 11.6 Å². The second kappa shape index (κ2) is 5.90. The Labute approximate surface area is 115 Å². The number of hydrogen-bond acceptors (Lipinski definition) is 3. The Morgan fingerprint density at radius 3 is 2.32 bits per heavy atom. The van der Waals surface area contributed by atoms with E-state index in [2.05, 4.69) is 5.32 Å². The Hall–Kier alpha value is -1.10. The maximum atomic E-state index is 12.4. The van der Waals surface area contributed by atoms with Crippen molar-refractivity contribution in [1.29, 1.82) is 0 Å². The average Bonchev–Trinajstić information content (AvgIpc) is 2.23. The van der Waals surface area contributed by atoms with Gasteiger partial charge in [0, 0.05) is 6.54 Å². The number of piperazine rings is 1. The van der Waals surface area contributed by atoms with Crippen LogP contribution < -0.4 is 5.32 Å². The lowest BCUT2D eigenvalue weighted by atomic mass is 9.91. The lowest BCUT2D eigenvalue weighted by molar-refractivity contribution is -0.156. The van der Waals surface area contributed by atoms with Gasteiger partial charge in [-0.15, -0.1) is 0 Å². The molecule has 110 valence electrons. The van der Waals surface area contributed by atoms with Crippen LogP contribution >= 0.6 is 0 Å². The lowest BCUT2D eigenvalue weighted by Crippen LogP contribution is -2.69. The Bertz CT molecular complexity index is 351. The topological polar surface area (TPSA) is 58.6 Å². The number of carbonyl (C=O) groups excluding carboxylic acids is 2. The lowest BCUT2D eigenvalue weighted by Gasteiger charge is -2.44. The van der Waals surface area contributed by atoms with E-state index in [-0.39, 0.29) is 23.8 Å². The van der Waals surface area contributed by atoms with E-state index in [0.717, 1.165) is 0 Å². The van der Waals surface area contributed by atoms with Crippen molar-refractivity contribution in [2.75, 3.05) is 13.2 Å². The summed E-state index contributed by atoms with van der Waals surface area (Å²) in [6.07, 6.45) is 0.124. The van der Waals surface area contributed by atoms with E-state index < -0.39 is 11.6 Å². The monoisotopic (exact) mass is 270 g/mol. The van der Waals surface area contributed by atoms with Crippen molar-refractivity contribution in [3.8, 4) is 0 Å². The molecule has 5 heteroatoms. The molecule has 19 heavy (non-hydrogen) atoms. The minimum Gasteiger partial charge on any atom is -0.377 e. The van der Waals surface area contributed by atoms with Gasteiger partial charge in [-0.1, -0.05) is 13.8 Å². The molecule has 1 unspecified atom stereocenters. The van der Waals surface area contributed by atoms with E-state index in [1.165, 1.54) is 0 Å². The third-order valence-electron chi connectivity index (χ3n) is 3.25. The number of ether oxygens (including phenoxy) is 1. The molecule has 0 spiro atoms. The second-order valence-corrected chi connectivity index (χ2v) is 6.22. The first-order chi connectivity index (χ1) is 8.66. The van der Waals surface area contributed by atoms with Crippen LogP contribution in [-0.4, -0.2) is 47.6 Å². The van der Waals surface area contributed by atoms with Crippen LogP contribution in [0.25, 0.3) is 0 Å². The number of rotatable bonds is 5. The quantitative estimate of drug-likeness (QED) is 0.816. The van der Waals surface area contributed by atoms with Crippen LogP contribution in [0.15, 0.2) is 0 Å². The third kappa shape index (κ3) is 3.69. The fourth-order valence-corrected chi connectivity index (χ4v) is 2.35. The Morgan fingerprint density at radius 2 is 1.84 bits per heavy atom. The van der Waals surface area contributed by atoms with Crippen molar-refractivity contribution in [2.24, 2.45) is 5.92 Å². The van der Waals surface area contributed by atoms with Gasteiger partial charge in [0.15, 0.2) is 0 Å². The summed E-state index contributed by atoms with van der Waals surface area (Å²) in [5, 5.41) is 2.80. The Morgan fingerprint density at radius 1 is 1.26 bits per heavy atom. The smallest absolute Gasteiger partial charge is 0.248 e. The van der Waals surface area contributed by atoms with E-state index in [1.807, 2.05) is 27.7 Å². The van der Waals surface area contributed by atoms with Crippen LogP contribution in [0.1, 0.15) is 41.5 Å². The molecular weight excluding hydrogens is 244 g/mol. The molecule has 0 aromatic rings. The standard InChI is InChI=1S/C14H26N2O3/c1-9(2)11-12(17)15-14(5,6)13(18)16(11)7-8-19-10(3)4/h9-11H,7-8H2,1-6H3,(H,15,17). The third-order valence-corrected chi connectivity index (χ3v) is 3.25. The average molecular weight is 270 g/mol. The van der Waals surface area contributed by atoms with E-state index in [4.69, 9.17) is 4.74 Å². The minimum atomic E-state index is -0.833. The minimum absolute atomic E-state index is 0.0434. The number of nitrogens with one attached hydrogen (secondary N) is 1. The molecule has 1 N–H and O–H groups in total. The van der Waals surface area contributed by atoms with E-state index in [9.17, 15) is 9.59 Å². The molecule has 1 aliphatic rings. The van der Waals surface area contributed by atoms with Crippen molar-refractivity contribution in [1.82, 2.24) is 10.2 Å². The van der Waals surface area contributed by atoms with Gasteiger partial charge in [-0.05, 0) is 33.6 Å². The summed E-state index contributed by atoms with van der Waals surface area (Å²) < 4.78 is 5.50. The Balaban J connectivity index is 2.84. The molecule has 0 bridgehead atoms. The van der Waals surface area contributed by atoms with Crippen molar-refractivity contribution >= 4 is 11.8 Å². The molecule has 5 nitrogen and oxygen atoms in total. The summed E-state index contributed by atoms with van der Waals surface area (Å²) in [7, 11) is 0. The van der Waals surface area contributed by atoms with E-state index in [0.29, 0.717) is 13.2 Å². The summed E-state index contributed by atoms with van der Waals surface area (Å²) in [4.78, 5) is 26.3. The largest absolute Gasteiger partial charge is 0.377 e.